The van der Waals surface area contributed by atoms with Crippen LogP contribution in [-0.2, 0) is 14.3 Å². The van der Waals surface area contributed by atoms with Gasteiger partial charge in [-0.05, 0) is 25.7 Å². The van der Waals surface area contributed by atoms with Gasteiger partial charge in [0.15, 0.2) is 0 Å². The van der Waals surface area contributed by atoms with Crippen LogP contribution in [0.15, 0.2) is 0 Å². The van der Waals surface area contributed by atoms with E-state index >= 15 is 0 Å². The molecule has 0 saturated carbocycles. The first-order chi connectivity index (χ1) is 40.0. The molecular weight excluding hydrogens is 995 g/mol. The fourth-order valence-electron chi connectivity index (χ4n) is 12.4. The Hall–Kier alpha value is -1.14. The van der Waals surface area contributed by atoms with Gasteiger partial charge in [-0.2, -0.15) is 0 Å². The molecule has 2 unspecified atom stereocenters. The van der Waals surface area contributed by atoms with Crippen molar-refractivity contribution in [3.8, 4) is 0 Å². The van der Waals surface area contributed by atoms with Crippen LogP contribution in [0, 0.1) is 0 Å². The van der Waals surface area contributed by atoms with Gasteiger partial charge in [0.2, 0.25) is 5.91 Å². The topological polar surface area (TPSA) is 95.9 Å². The molecule has 3 N–H and O–H groups in total. The maximum atomic E-state index is 12.6. The third kappa shape index (κ3) is 67.9. The molecule has 0 aliphatic rings. The molecule has 0 aliphatic heterocycles. The Morgan fingerprint density at radius 2 is 0.506 bits per heavy atom. The molecular formula is C75H149NO5. The van der Waals surface area contributed by atoms with Crippen LogP contribution in [-0.4, -0.2) is 47.4 Å². The maximum absolute atomic E-state index is 12.6. The predicted octanol–water partition coefficient (Wildman–Crippen LogP) is 24.5. The first-order valence-corrected chi connectivity index (χ1v) is 37.8. The molecule has 0 saturated heterocycles. The number of carbonyl (C=O) groups is 2. The van der Waals surface area contributed by atoms with E-state index < -0.39 is 12.1 Å². The Balaban J connectivity index is 3.35. The number of amides is 1. The van der Waals surface area contributed by atoms with Crippen molar-refractivity contribution >= 4 is 11.9 Å². The third-order valence-corrected chi connectivity index (χ3v) is 18.2. The maximum Gasteiger partial charge on any atom is 0.305 e. The van der Waals surface area contributed by atoms with Gasteiger partial charge in [0, 0.05) is 12.8 Å². The molecule has 2 atom stereocenters. The number of rotatable bonds is 72. The van der Waals surface area contributed by atoms with Crippen LogP contribution in [0.3, 0.4) is 0 Å². The van der Waals surface area contributed by atoms with Crippen LogP contribution in [0.4, 0.5) is 0 Å². The van der Waals surface area contributed by atoms with E-state index in [1.165, 1.54) is 372 Å². The van der Waals surface area contributed by atoms with Crippen LogP contribution in [0.1, 0.15) is 444 Å². The average molecular weight is 1150 g/mol. The van der Waals surface area contributed by atoms with E-state index in [1.807, 2.05) is 0 Å². The SMILES string of the molecule is CCCCCCCCCCCCCCCCCCCCCCCCCCCC(O)C(CO)NC(=O)CCCCCCCCCCCCCCCCCCCCCCCCCCCCCOC(=O)CCCCCCCCCCCCCC. The van der Waals surface area contributed by atoms with E-state index in [1.54, 1.807) is 0 Å². The molecule has 0 aliphatic carbocycles. The summed E-state index contributed by atoms with van der Waals surface area (Å²) >= 11 is 0. The number of hydrogen-bond donors (Lipinski definition) is 3. The fraction of sp³-hybridized carbons (Fsp3) is 0.973. The second-order valence-corrected chi connectivity index (χ2v) is 26.4. The zero-order valence-electron chi connectivity index (χ0n) is 55.6. The van der Waals surface area contributed by atoms with Crippen molar-refractivity contribution in [2.75, 3.05) is 13.2 Å². The van der Waals surface area contributed by atoms with E-state index in [4.69, 9.17) is 4.74 Å². The highest BCUT2D eigenvalue weighted by Crippen LogP contribution is 2.20. The molecule has 0 radical (unpaired) electrons. The van der Waals surface area contributed by atoms with Crippen LogP contribution >= 0.6 is 0 Å². The first kappa shape index (κ1) is 79.9. The van der Waals surface area contributed by atoms with Gasteiger partial charge in [0.1, 0.15) is 0 Å². The molecule has 0 bridgehead atoms. The number of hydrogen-bond acceptors (Lipinski definition) is 5. The largest absolute Gasteiger partial charge is 0.466 e. The Morgan fingerprint density at radius 1 is 0.296 bits per heavy atom. The number of carbonyl (C=O) groups excluding carboxylic acids is 2. The normalized spacial score (nSPS) is 12.4. The Labute approximate surface area is 508 Å². The monoisotopic (exact) mass is 1140 g/mol. The molecule has 0 aromatic carbocycles. The second kappa shape index (κ2) is 71.3. The molecule has 6 heteroatoms. The van der Waals surface area contributed by atoms with Crippen molar-refractivity contribution < 1.29 is 24.5 Å². The van der Waals surface area contributed by atoms with Crippen molar-refractivity contribution in [1.82, 2.24) is 5.32 Å². The molecule has 0 fully saturated rings. The van der Waals surface area contributed by atoms with E-state index in [0.717, 1.165) is 38.5 Å². The van der Waals surface area contributed by atoms with Crippen molar-refractivity contribution in [3.63, 3.8) is 0 Å². The minimum Gasteiger partial charge on any atom is -0.466 e. The van der Waals surface area contributed by atoms with Gasteiger partial charge in [-0.15, -0.1) is 0 Å². The highest BCUT2D eigenvalue weighted by atomic mass is 16.5. The number of aliphatic hydroxyl groups excluding tert-OH is 2. The minimum atomic E-state index is -0.663. The summed E-state index contributed by atoms with van der Waals surface area (Å²) in [4.78, 5) is 24.6. The minimum absolute atomic E-state index is 0.0203. The lowest BCUT2D eigenvalue weighted by Gasteiger charge is -2.22. The molecule has 0 spiro atoms. The standard InChI is InChI=1S/C75H149NO5/c1-3-5-7-9-11-13-15-17-18-19-20-21-22-26-29-32-35-38-41-44-47-51-55-59-63-67-73(78)72(71-77)76-74(79)68-64-60-56-52-48-45-42-39-36-33-30-27-24-23-25-28-31-34-37-40-43-46-50-54-58-62-66-70-81-75(80)69-65-61-57-53-49-16-14-12-10-8-6-4-2/h72-73,77-78H,3-71H2,1-2H3,(H,76,79). The van der Waals surface area contributed by atoms with Crippen LogP contribution in [0.25, 0.3) is 0 Å². The third-order valence-electron chi connectivity index (χ3n) is 18.2. The Morgan fingerprint density at radius 3 is 0.753 bits per heavy atom. The van der Waals surface area contributed by atoms with Crippen molar-refractivity contribution in [1.29, 1.82) is 0 Å². The summed E-state index contributed by atoms with van der Waals surface area (Å²) in [6.07, 6.45) is 87.5. The second-order valence-electron chi connectivity index (χ2n) is 26.4. The lowest BCUT2D eigenvalue weighted by molar-refractivity contribution is -0.143. The summed E-state index contributed by atoms with van der Waals surface area (Å²) in [7, 11) is 0. The van der Waals surface area contributed by atoms with Crippen LogP contribution < -0.4 is 5.32 Å². The number of aliphatic hydroxyl groups is 2. The van der Waals surface area contributed by atoms with Crippen LogP contribution in [0.5, 0.6) is 0 Å². The van der Waals surface area contributed by atoms with Gasteiger partial charge < -0.3 is 20.3 Å². The fourth-order valence-corrected chi connectivity index (χ4v) is 12.4. The molecule has 6 nitrogen and oxygen atoms in total. The number of unbranched alkanes of at least 4 members (excludes halogenated alkanes) is 61. The number of esters is 1. The van der Waals surface area contributed by atoms with Crippen molar-refractivity contribution in [3.05, 3.63) is 0 Å². The lowest BCUT2D eigenvalue weighted by atomic mass is 10.0. The van der Waals surface area contributed by atoms with Crippen molar-refractivity contribution in [2.24, 2.45) is 0 Å². The zero-order valence-corrected chi connectivity index (χ0v) is 55.6. The summed E-state index contributed by atoms with van der Waals surface area (Å²) in [6, 6.07) is -0.540. The lowest BCUT2D eigenvalue weighted by Crippen LogP contribution is -2.45. The van der Waals surface area contributed by atoms with E-state index in [2.05, 4.69) is 19.2 Å². The molecule has 0 aromatic rings. The Kier molecular flexibility index (Phi) is 70.3. The van der Waals surface area contributed by atoms with Crippen LogP contribution in [0.2, 0.25) is 0 Å². The van der Waals surface area contributed by atoms with Gasteiger partial charge in [0.05, 0.1) is 25.4 Å². The van der Waals surface area contributed by atoms with Gasteiger partial charge >= 0.3 is 5.97 Å². The van der Waals surface area contributed by atoms with E-state index in [0.29, 0.717) is 25.9 Å². The van der Waals surface area contributed by atoms with Crippen molar-refractivity contribution in [2.45, 2.75) is 456 Å². The smallest absolute Gasteiger partial charge is 0.305 e. The first-order valence-electron chi connectivity index (χ1n) is 37.8. The van der Waals surface area contributed by atoms with E-state index in [-0.39, 0.29) is 18.5 Å². The summed E-state index contributed by atoms with van der Waals surface area (Å²) in [5.74, 6) is -0.00548. The van der Waals surface area contributed by atoms with Gasteiger partial charge in [-0.3, -0.25) is 9.59 Å². The quantitative estimate of drug-likeness (QED) is 0.0417. The van der Waals surface area contributed by atoms with Gasteiger partial charge in [-0.25, -0.2) is 0 Å². The summed E-state index contributed by atoms with van der Waals surface area (Å²) in [6.45, 7) is 5.01. The Bertz CT molecular complexity index is 1180. The number of nitrogens with one attached hydrogen (secondary N) is 1. The molecule has 0 rings (SSSR count). The number of ether oxygens (including phenoxy) is 1. The van der Waals surface area contributed by atoms with Gasteiger partial charge in [0.25, 0.3) is 0 Å². The van der Waals surface area contributed by atoms with Gasteiger partial charge in [-0.1, -0.05) is 406 Å². The summed E-state index contributed by atoms with van der Waals surface area (Å²) in [5.41, 5.74) is 0. The summed E-state index contributed by atoms with van der Waals surface area (Å²) < 4.78 is 5.49. The van der Waals surface area contributed by atoms with E-state index in [9.17, 15) is 19.8 Å². The predicted molar refractivity (Wildman–Crippen MR) is 357 cm³/mol. The molecule has 0 heterocycles. The molecule has 484 valence electrons. The summed E-state index contributed by atoms with van der Waals surface area (Å²) in [5, 5.41) is 23.5. The molecule has 1 amide bonds. The highest BCUT2D eigenvalue weighted by molar-refractivity contribution is 5.76. The molecule has 81 heavy (non-hydrogen) atoms. The highest BCUT2D eigenvalue weighted by Gasteiger charge is 2.20. The zero-order chi connectivity index (χ0) is 58.5. The average Bonchev–Trinajstić information content (AvgIpc) is 3.47. The molecule has 0 aromatic heterocycles.